The SMILES string of the molecule is CC(C)C(=O)N1CCC(c2ccc(NC(=O)N3C=C4C=CNC=C4C3)cc2)CC1. The number of amides is 3. The number of dihydropyridines is 1. The predicted octanol–water partition coefficient (Wildman–Crippen LogP) is 3.78. The Balaban J connectivity index is 1.32. The minimum Gasteiger partial charge on any atom is -0.367 e. The van der Waals surface area contributed by atoms with Crippen molar-refractivity contribution in [1.82, 2.24) is 15.1 Å². The minimum atomic E-state index is -0.130. The first-order chi connectivity index (χ1) is 14.0. The van der Waals surface area contributed by atoms with Crippen molar-refractivity contribution in [2.45, 2.75) is 32.6 Å². The fourth-order valence-corrected chi connectivity index (χ4v) is 4.10. The Morgan fingerprint density at radius 2 is 1.86 bits per heavy atom. The molecule has 29 heavy (non-hydrogen) atoms. The normalized spacial score (nSPS) is 18.9. The van der Waals surface area contributed by atoms with E-state index in [9.17, 15) is 9.59 Å². The van der Waals surface area contributed by atoms with Crippen molar-refractivity contribution in [1.29, 1.82) is 0 Å². The molecule has 3 amide bonds. The predicted molar refractivity (Wildman–Crippen MR) is 114 cm³/mol. The van der Waals surface area contributed by atoms with Crippen LogP contribution < -0.4 is 10.6 Å². The number of carbonyl (C=O) groups excluding carboxylic acids is 2. The Bertz CT molecular complexity index is 875. The summed E-state index contributed by atoms with van der Waals surface area (Å²) in [7, 11) is 0. The van der Waals surface area contributed by atoms with Gasteiger partial charge in [-0.05, 0) is 53.7 Å². The molecule has 1 aromatic carbocycles. The maximum Gasteiger partial charge on any atom is 0.326 e. The highest BCUT2D eigenvalue weighted by atomic mass is 16.2. The van der Waals surface area contributed by atoms with Crippen LogP contribution >= 0.6 is 0 Å². The van der Waals surface area contributed by atoms with Gasteiger partial charge in [-0.25, -0.2) is 4.79 Å². The van der Waals surface area contributed by atoms with Crippen molar-refractivity contribution in [3.8, 4) is 0 Å². The molecule has 3 aliphatic heterocycles. The van der Waals surface area contributed by atoms with Gasteiger partial charge in [0.25, 0.3) is 0 Å². The number of carbonyl (C=O) groups is 2. The Kier molecular flexibility index (Phi) is 5.43. The number of hydrogen-bond acceptors (Lipinski definition) is 3. The molecule has 0 radical (unpaired) electrons. The molecule has 6 nitrogen and oxygen atoms in total. The zero-order chi connectivity index (χ0) is 20.4. The van der Waals surface area contributed by atoms with Gasteiger partial charge in [0, 0.05) is 43.3 Å². The van der Waals surface area contributed by atoms with E-state index < -0.39 is 0 Å². The van der Waals surface area contributed by atoms with Crippen LogP contribution in [-0.2, 0) is 4.79 Å². The molecule has 0 aromatic heterocycles. The van der Waals surface area contributed by atoms with E-state index >= 15 is 0 Å². The molecular weight excluding hydrogens is 364 g/mol. The summed E-state index contributed by atoms with van der Waals surface area (Å²) < 4.78 is 0. The first-order valence-corrected chi connectivity index (χ1v) is 10.3. The van der Waals surface area contributed by atoms with E-state index in [2.05, 4.69) is 22.8 Å². The summed E-state index contributed by atoms with van der Waals surface area (Å²) in [5.74, 6) is 0.780. The second kappa shape index (κ2) is 8.15. The highest BCUT2D eigenvalue weighted by Crippen LogP contribution is 2.30. The van der Waals surface area contributed by atoms with Crippen molar-refractivity contribution < 1.29 is 9.59 Å². The Hall–Kier alpha value is -3.02. The first kappa shape index (κ1) is 19.3. The Labute approximate surface area is 171 Å². The number of nitrogens with zero attached hydrogens (tertiary/aromatic N) is 2. The summed E-state index contributed by atoms with van der Waals surface area (Å²) in [5.41, 5.74) is 4.24. The molecule has 3 aliphatic rings. The molecule has 0 atom stereocenters. The van der Waals surface area contributed by atoms with Crippen LogP contribution in [0.3, 0.4) is 0 Å². The number of fused-ring (bicyclic) bond motifs is 1. The van der Waals surface area contributed by atoms with Crippen LogP contribution in [0.25, 0.3) is 0 Å². The van der Waals surface area contributed by atoms with Crippen LogP contribution in [0, 0.1) is 5.92 Å². The van der Waals surface area contributed by atoms with Gasteiger partial charge in [-0.2, -0.15) is 0 Å². The summed E-state index contributed by atoms with van der Waals surface area (Å²) in [5, 5.41) is 6.03. The van der Waals surface area contributed by atoms with Crippen LogP contribution in [-0.4, -0.2) is 41.4 Å². The molecule has 0 bridgehead atoms. The number of nitrogens with one attached hydrogen (secondary N) is 2. The molecule has 152 valence electrons. The van der Waals surface area contributed by atoms with Crippen LogP contribution in [0.1, 0.15) is 38.2 Å². The van der Waals surface area contributed by atoms with Gasteiger partial charge in [-0.15, -0.1) is 0 Å². The van der Waals surface area contributed by atoms with E-state index in [1.54, 1.807) is 4.90 Å². The van der Waals surface area contributed by atoms with E-state index in [-0.39, 0.29) is 17.9 Å². The van der Waals surface area contributed by atoms with Crippen LogP contribution in [0.4, 0.5) is 10.5 Å². The minimum absolute atomic E-state index is 0.0632. The average Bonchev–Trinajstić information content (AvgIpc) is 3.18. The molecular formula is C23H28N4O2. The number of allylic oxidation sites excluding steroid dienone is 1. The van der Waals surface area contributed by atoms with E-state index in [4.69, 9.17) is 0 Å². The van der Waals surface area contributed by atoms with Gasteiger partial charge in [-0.3, -0.25) is 9.69 Å². The van der Waals surface area contributed by atoms with Crippen molar-refractivity contribution in [3.05, 3.63) is 65.7 Å². The lowest BCUT2D eigenvalue weighted by Gasteiger charge is -2.33. The molecule has 6 heteroatoms. The maximum absolute atomic E-state index is 12.6. The zero-order valence-corrected chi connectivity index (χ0v) is 17.0. The van der Waals surface area contributed by atoms with Gasteiger partial charge >= 0.3 is 6.03 Å². The van der Waals surface area contributed by atoms with Gasteiger partial charge < -0.3 is 15.5 Å². The number of likely N-dealkylation sites (tertiary alicyclic amines) is 1. The van der Waals surface area contributed by atoms with E-state index in [0.717, 1.165) is 42.8 Å². The lowest BCUT2D eigenvalue weighted by molar-refractivity contribution is -0.135. The second-order valence-electron chi connectivity index (χ2n) is 8.19. The molecule has 1 fully saturated rings. The molecule has 0 saturated carbocycles. The van der Waals surface area contributed by atoms with Gasteiger partial charge in [0.1, 0.15) is 0 Å². The number of anilines is 1. The first-order valence-electron chi connectivity index (χ1n) is 10.3. The number of piperidine rings is 1. The standard InChI is InChI=1S/C23H28N4O2/c1-16(2)22(28)26-11-8-18(9-12-26)17-3-5-21(6-4-17)25-23(29)27-14-19-7-10-24-13-20(19)15-27/h3-7,10,13-14,16,18,24H,8-9,11-12,15H2,1-2H3,(H,25,29). The summed E-state index contributed by atoms with van der Waals surface area (Å²) in [4.78, 5) is 28.4. The van der Waals surface area contributed by atoms with Crippen molar-refractivity contribution >= 4 is 17.6 Å². The molecule has 4 rings (SSSR count). The quantitative estimate of drug-likeness (QED) is 0.823. The lowest BCUT2D eigenvalue weighted by atomic mass is 9.89. The van der Waals surface area contributed by atoms with Gasteiger partial charge in [-0.1, -0.05) is 26.0 Å². The number of hydrogen-bond donors (Lipinski definition) is 2. The third-order valence-electron chi connectivity index (χ3n) is 5.82. The molecule has 0 aliphatic carbocycles. The highest BCUT2D eigenvalue weighted by Gasteiger charge is 2.25. The Morgan fingerprint density at radius 1 is 1.14 bits per heavy atom. The fourth-order valence-electron chi connectivity index (χ4n) is 4.10. The van der Waals surface area contributed by atoms with Gasteiger partial charge in [0.05, 0.1) is 6.54 Å². The molecule has 2 N–H and O–H groups in total. The third-order valence-corrected chi connectivity index (χ3v) is 5.82. The molecule has 1 saturated heterocycles. The maximum atomic E-state index is 12.6. The third kappa shape index (κ3) is 4.21. The van der Waals surface area contributed by atoms with Crippen molar-refractivity contribution in [3.63, 3.8) is 0 Å². The highest BCUT2D eigenvalue weighted by molar-refractivity contribution is 5.91. The van der Waals surface area contributed by atoms with E-state index in [1.807, 2.05) is 55.6 Å². The summed E-state index contributed by atoms with van der Waals surface area (Å²) >= 11 is 0. The van der Waals surface area contributed by atoms with Crippen LogP contribution in [0.2, 0.25) is 0 Å². The van der Waals surface area contributed by atoms with Crippen LogP contribution in [0.5, 0.6) is 0 Å². The van der Waals surface area contributed by atoms with Crippen molar-refractivity contribution in [2.24, 2.45) is 5.92 Å². The molecule has 3 heterocycles. The largest absolute Gasteiger partial charge is 0.367 e. The topological polar surface area (TPSA) is 64.7 Å². The number of urea groups is 1. The summed E-state index contributed by atoms with van der Waals surface area (Å²) in [6.07, 6.45) is 9.60. The van der Waals surface area contributed by atoms with Crippen LogP contribution in [0.15, 0.2) is 60.1 Å². The monoisotopic (exact) mass is 392 g/mol. The lowest BCUT2D eigenvalue weighted by Crippen LogP contribution is -2.40. The van der Waals surface area contributed by atoms with Gasteiger partial charge in [0.15, 0.2) is 0 Å². The van der Waals surface area contributed by atoms with Gasteiger partial charge in [0.2, 0.25) is 5.91 Å². The molecule has 0 unspecified atom stereocenters. The zero-order valence-electron chi connectivity index (χ0n) is 17.0. The molecule has 1 aromatic rings. The second-order valence-corrected chi connectivity index (χ2v) is 8.19. The smallest absolute Gasteiger partial charge is 0.326 e. The molecule has 0 spiro atoms. The van der Waals surface area contributed by atoms with E-state index in [1.165, 1.54) is 5.56 Å². The fraction of sp³-hybridized carbons (Fsp3) is 0.391. The number of rotatable bonds is 3. The number of benzene rings is 1. The summed E-state index contributed by atoms with van der Waals surface area (Å²) in [6.45, 7) is 6.13. The van der Waals surface area contributed by atoms with E-state index in [0.29, 0.717) is 12.5 Å². The van der Waals surface area contributed by atoms with Crippen molar-refractivity contribution in [2.75, 3.05) is 25.0 Å². The Morgan fingerprint density at radius 3 is 2.52 bits per heavy atom. The average molecular weight is 393 g/mol. The summed E-state index contributed by atoms with van der Waals surface area (Å²) in [6, 6.07) is 8.00.